The molecule has 0 bridgehead atoms. The highest BCUT2D eigenvalue weighted by molar-refractivity contribution is 5.76. The van der Waals surface area contributed by atoms with Crippen LogP contribution in [0.5, 0.6) is 0 Å². The van der Waals surface area contributed by atoms with Crippen molar-refractivity contribution in [3.05, 3.63) is 36.5 Å². The van der Waals surface area contributed by atoms with E-state index in [0.717, 1.165) is 44.9 Å². The van der Waals surface area contributed by atoms with Crippen LogP contribution in [-0.2, 0) is 33.2 Å². The normalized spacial score (nSPS) is 29.4. The van der Waals surface area contributed by atoms with Crippen molar-refractivity contribution in [3.63, 3.8) is 0 Å². The van der Waals surface area contributed by atoms with Gasteiger partial charge < -0.3 is 89.9 Å². The largest absolute Gasteiger partial charge is 0.394 e. The molecule has 3 aliphatic rings. The molecule has 84 heavy (non-hydrogen) atoms. The minimum atomic E-state index is -1.98. The number of hydrogen-bond donors (Lipinski definition) is 12. The molecule has 17 unspecified atom stereocenters. The van der Waals surface area contributed by atoms with Crippen LogP contribution in [0.3, 0.4) is 0 Å². The van der Waals surface area contributed by atoms with Crippen molar-refractivity contribution >= 4 is 5.91 Å². The summed E-state index contributed by atoms with van der Waals surface area (Å²) in [5.41, 5.74) is 0. The Balaban J connectivity index is 1.43. The zero-order chi connectivity index (χ0) is 61.2. The lowest BCUT2D eigenvalue weighted by atomic mass is 9.96. The Morgan fingerprint density at radius 1 is 0.417 bits per heavy atom. The van der Waals surface area contributed by atoms with Gasteiger partial charge in [0.1, 0.15) is 73.2 Å². The monoisotopic (exact) mass is 1200 g/mol. The summed E-state index contributed by atoms with van der Waals surface area (Å²) in [4.78, 5) is 13.3. The Kier molecular flexibility index (Phi) is 43.5. The van der Waals surface area contributed by atoms with Crippen molar-refractivity contribution in [2.45, 2.75) is 343 Å². The molecular formula is C65H119NO18. The summed E-state index contributed by atoms with van der Waals surface area (Å²) in [5.74, 6) is -0.290. The van der Waals surface area contributed by atoms with E-state index in [1.54, 1.807) is 6.08 Å². The van der Waals surface area contributed by atoms with Gasteiger partial charge in [-0.1, -0.05) is 224 Å². The average molecular weight is 1200 g/mol. The quantitative estimate of drug-likeness (QED) is 0.0205. The second-order valence-corrected chi connectivity index (χ2v) is 23.9. The molecule has 492 valence electrons. The van der Waals surface area contributed by atoms with Crippen LogP contribution in [0.25, 0.3) is 0 Å². The van der Waals surface area contributed by atoms with Crippen LogP contribution < -0.4 is 5.32 Å². The molecule has 0 aromatic carbocycles. The van der Waals surface area contributed by atoms with E-state index < -0.39 is 124 Å². The van der Waals surface area contributed by atoms with Gasteiger partial charge >= 0.3 is 0 Å². The van der Waals surface area contributed by atoms with Gasteiger partial charge in [0.15, 0.2) is 18.9 Å². The minimum Gasteiger partial charge on any atom is -0.394 e. The second kappa shape index (κ2) is 47.9. The molecule has 19 nitrogen and oxygen atoms in total. The summed E-state index contributed by atoms with van der Waals surface area (Å²) in [6, 6.07) is -0.993. The Morgan fingerprint density at radius 2 is 0.762 bits per heavy atom. The Hall–Kier alpha value is -1.99. The van der Waals surface area contributed by atoms with Crippen molar-refractivity contribution in [1.82, 2.24) is 5.32 Å². The number of hydrogen-bond acceptors (Lipinski definition) is 18. The third-order valence-corrected chi connectivity index (χ3v) is 16.7. The molecule has 3 saturated heterocycles. The van der Waals surface area contributed by atoms with Gasteiger partial charge in [0.25, 0.3) is 0 Å². The molecule has 3 rings (SSSR count). The van der Waals surface area contributed by atoms with Crippen LogP contribution in [0.1, 0.15) is 239 Å². The molecule has 0 saturated carbocycles. The SMILES string of the molecule is CCCCCCCCCCCCCCCCCCCC/C=C/CC/C=C/CC/C=C/C(O)C(COC1OC(CO)C(OC2OC(CO)C(OC3OC(CO)C(O)C(O)C3O)C(O)C2O)C(O)C1O)NC(=O)CCCCCCCCCCCCC. The predicted octanol–water partition coefficient (Wildman–Crippen LogP) is 7.66. The van der Waals surface area contributed by atoms with E-state index in [-0.39, 0.29) is 18.9 Å². The maximum atomic E-state index is 13.3. The minimum absolute atomic E-state index is 0.234. The zero-order valence-electron chi connectivity index (χ0n) is 51.6. The van der Waals surface area contributed by atoms with E-state index in [4.69, 9.17) is 28.4 Å². The van der Waals surface area contributed by atoms with E-state index in [1.165, 1.54) is 161 Å². The van der Waals surface area contributed by atoms with E-state index in [9.17, 15) is 61.0 Å². The van der Waals surface area contributed by atoms with Gasteiger partial charge in [0, 0.05) is 6.42 Å². The molecule has 19 heteroatoms. The number of rotatable bonds is 50. The average Bonchev–Trinajstić information content (AvgIpc) is 3.62. The first-order valence-electron chi connectivity index (χ1n) is 33.2. The van der Waals surface area contributed by atoms with E-state index in [2.05, 4.69) is 43.5 Å². The summed E-state index contributed by atoms with van der Waals surface area (Å²) < 4.78 is 34.2. The van der Waals surface area contributed by atoms with Gasteiger partial charge in [0.05, 0.1) is 38.6 Å². The van der Waals surface area contributed by atoms with E-state index in [1.807, 2.05) is 6.08 Å². The summed E-state index contributed by atoms with van der Waals surface area (Å²) in [7, 11) is 0. The molecule has 0 aromatic heterocycles. The van der Waals surface area contributed by atoms with Crippen LogP contribution in [-0.4, -0.2) is 193 Å². The molecule has 17 atom stereocenters. The third kappa shape index (κ3) is 30.5. The summed E-state index contributed by atoms with van der Waals surface area (Å²) >= 11 is 0. The predicted molar refractivity (Wildman–Crippen MR) is 323 cm³/mol. The summed E-state index contributed by atoms with van der Waals surface area (Å²) in [6.07, 6.45) is 27.3. The highest BCUT2D eigenvalue weighted by atomic mass is 16.8. The standard InChI is InChI=1S/C65H119NO18/c1-3-5-7-9-11-13-15-16-17-18-19-20-21-22-23-24-25-26-27-28-29-30-31-33-34-36-38-40-42-49(70)48(66-53(71)43-41-39-37-35-32-14-12-10-8-6-4-2)47-79-63-59(77)56(74)61(51(45-68)81-63)84-65-60(78)57(75)62(52(46-69)82-65)83-64-58(76)55(73)54(72)50(44-67)80-64/h28-29,33-34,40,42,48-52,54-65,67-70,72-78H,3-27,30-32,35-39,41,43-47H2,1-2H3,(H,66,71)/b29-28+,34-33+,42-40+. The molecule has 0 radical (unpaired) electrons. The lowest BCUT2D eigenvalue weighted by Gasteiger charge is -2.48. The number of nitrogens with one attached hydrogen (secondary N) is 1. The third-order valence-electron chi connectivity index (χ3n) is 16.7. The Morgan fingerprint density at radius 3 is 1.19 bits per heavy atom. The number of amides is 1. The van der Waals surface area contributed by atoms with Crippen LogP contribution >= 0.6 is 0 Å². The molecule has 12 N–H and O–H groups in total. The van der Waals surface area contributed by atoms with E-state index in [0.29, 0.717) is 12.8 Å². The van der Waals surface area contributed by atoms with Gasteiger partial charge in [-0.15, -0.1) is 0 Å². The Labute approximate surface area is 504 Å². The lowest BCUT2D eigenvalue weighted by Crippen LogP contribution is -2.66. The van der Waals surface area contributed by atoms with Crippen molar-refractivity contribution < 1.29 is 89.4 Å². The van der Waals surface area contributed by atoms with Gasteiger partial charge in [-0.2, -0.15) is 0 Å². The maximum Gasteiger partial charge on any atom is 0.220 e. The first-order valence-corrected chi connectivity index (χ1v) is 33.2. The first kappa shape index (κ1) is 76.3. The maximum absolute atomic E-state index is 13.3. The van der Waals surface area contributed by atoms with Crippen LogP contribution in [0.4, 0.5) is 0 Å². The van der Waals surface area contributed by atoms with Gasteiger partial charge in [-0.05, 0) is 44.9 Å². The first-order chi connectivity index (χ1) is 40.8. The molecule has 0 aliphatic carbocycles. The van der Waals surface area contributed by atoms with Crippen molar-refractivity contribution in [3.8, 4) is 0 Å². The zero-order valence-corrected chi connectivity index (χ0v) is 51.6. The Bertz CT molecular complexity index is 1670. The molecule has 3 aliphatic heterocycles. The van der Waals surface area contributed by atoms with E-state index >= 15 is 0 Å². The summed E-state index contributed by atoms with van der Waals surface area (Å²) in [5, 5.41) is 120. The fourth-order valence-electron chi connectivity index (χ4n) is 11.2. The molecule has 3 fully saturated rings. The molecule has 0 aromatic rings. The van der Waals surface area contributed by atoms with Crippen LogP contribution in [0.15, 0.2) is 36.5 Å². The number of aliphatic hydroxyl groups excluding tert-OH is 11. The summed E-state index contributed by atoms with van der Waals surface area (Å²) in [6.45, 7) is 1.69. The van der Waals surface area contributed by atoms with Crippen molar-refractivity contribution in [2.24, 2.45) is 0 Å². The number of aliphatic hydroxyl groups is 11. The van der Waals surface area contributed by atoms with Gasteiger partial charge in [-0.3, -0.25) is 4.79 Å². The van der Waals surface area contributed by atoms with Gasteiger partial charge in [0.2, 0.25) is 5.91 Å². The fourth-order valence-corrected chi connectivity index (χ4v) is 11.2. The molecule has 1 amide bonds. The van der Waals surface area contributed by atoms with Crippen LogP contribution in [0, 0.1) is 0 Å². The highest BCUT2D eigenvalue weighted by Gasteiger charge is 2.53. The van der Waals surface area contributed by atoms with Crippen LogP contribution in [0.2, 0.25) is 0 Å². The number of unbranched alkanes of at least 4 members (excludes halogenated alkanes) is 30. The lowest BCUT2D eigenvalue weighted by molar-refractivity contribution is -0.379. The van der Waals surface area contributed by atoms with Crippen molar-refractivity contribution in [2.75, 3.05) is 26.4 Å². The smallest absolute Gasteiger partial charge is 0.220 e. The molecule has 0 spiro atoms. The topological polar surface area (TPSA) is 307 Å². The van der Waals surface area contributed by atoms with Gasteiger partial charge in [-0.25, -0.2) is 0 Å². The van der Waals surface area contributed by atoms with Crippen molar-refractivity contribution in [1.29, 1.82) is 0 Å². The number of carbonyl (C=O) groups excluding carboxylic acids is 1. The number of allylic oxidation sites excluding steroid dienone is 5. The highest BCUT2D eigenvalue weighted by Crippen LogP contribution is 2.33. The molecule has 3 heterocycles. The molecular weight excluding hydrogens is 1080 g/mol. The number of ether oxygens (including phenoxy) is 6. The fraction of sp³-hybridized carbons (Fsp3) is 0.892. The number of carbonyl (C=O) groups is 1. The second-order valence-electron chi connectivity index (χ2n) is 23.9.